The molecule has 0 heterocycles. The third kappa shape index (κ3) is 3.50. The second-order valence-electron chi connectivity index (χ2n) is 4.15. The van der Waals surface area contributed by atoms with Gasteiger partial charge in [0.05, 0.1) is 10.2 Å². The van der Waals surface area contributed by atoms with Gasteiger partial charge in [-0.25, -0.2) is 17.6 Å². The zero-order chi connectivity index (χ0) is 14.7. The Hall–Kier alpha value is -1.56. The van der Waals surface area contributed by atoms with Crippen molar-refractivity contribution in [3.63, 3.8) is 0 Å². The zero-order valence-corrected chi connectivity index (χ0v) is 11.7. The fraction of sp³-hybridized carbons (Fsp3) is 0.143. The fourth-order valence-electron chi connectivity index (χ4n) is 1.69. The molecular formula is C14H10BrF4N. The van der Waals surface area contributed by atoms with Crippen molar-refractivity contribution in [3.8, 4) is 0 Å². The van der Waals surface area contributed by atoms with Crippen LogP contribution in [0.2, 0.25) is 0 Å². The molecule has 20 heavy (non-hydrogen) atoms. The number of hydrogen-bond acceptors (Lipinski definition) is 1. The average molecular weight is 348 g/mol. The Bertz CT molecular complexity index is 616. The SMILES string of the molecule is Fc1cc(NCc2cccc(C(F)F)c2)c(F)cc1Br. The maximum atomic E-state index is 13.6. The Morgan fingerprint density at radius 2 is 1.80 bits per heavy atom. The molecule has 2 aromatic rings. The molecule has 0 spiro atoms. The van der Waals surface area contributed by atoms with Gasteiger partial charge in [-0.3, -0.25) is 0 Å². The van der Waals surface area contributed by atoms with Crippen molar-refractivity contribution in [3.05, 3.63) is 63.6 Å². The van der Waals surface area contributed by atoms with Gasteiger partial charge in [-0.15, -0.1) is 0 Å². The first-order chi connectivity index (χ1) is 9.47. The van der Waals surface area contributed by atoms with Gasteiger partial charge in [0, 0.05) is 18.2 Å². The van der Waals surface area contributed by atoms with Crippen LogP contribution in [0.3, 0.4) is 0 Å². The molecule has 0 aliphatic rings. The lowest BCUT2D eigenvalue weighted by Crippen LogP contribution is -2.03. The van der Waals surface area contributed by atoms with Gasteiger partial charge in [0.1, 0.15) is 11.6 Å². The van der Waals surface area contributed by atoms with E-state index in [0.29, 0.717) is 5.56 Å². The van der Waals surface area contributed by atoms with Crippen LogP contribution < -0.4 is 5.32 Å². The molecule has 0 saturated heterocycles. The lowest BCUT2D eigenvalue weighted by Gasteiger charge is -2.09. The lowest BCUT2D eigenvalue weighted by atomic mass is 10.1. The minimum atomic E-state index is -2.56. The van der Waals surface area contributed by atoms with Gasteiger partial charge in [0.15, 0.2) is 0 Å². The highest BCUT2D eigenvalue weighted by molar-refractivity contribution is 9.10. The van der Waals surface area contributed by atoms with E-state index in [2.05, 4.69) is 21.2 Å². The fourth-order valence-corrected chi connectivity index (χ4v) is 2.01. The highest BCUT2D eigenvalue weighted by atomic mass is 79.9. The molecule has 0 amide bonds. The largest absolute Gasteiger partial charge is 0.379 e. The average Bonchev–Trinajstić information content (AvgIpc) is 2.41. The van der Waals surface area contributed by atoms with Gasteiger partial charge in [-0.05, 0) is 33.6 Å². The van der Waals surface area contributed by atoms with E-state index in [9.17, 15) is 17.6 Å². The molecule has 1 nitrogen and oxygen atoms in total. The third-order valence-corrected chi connectivity index (χ3v) is 3.30. The zero-order valence-electron chi connectivity index (χ0n) is 10.1. The van der Waals surface area contributed by atoms with Gasteiger partial charge in [-0.1, -0.05) is 18.2 Å². The van der Waals surface area contributed by atoms with Crippen LogP contribution >= 0.6 is 15.9 Å². The Balaban J connectivity index is 2.13. The van der Waals surface area contributed by atoms with E-state index in [1.165, 1.54) is 18.2 Å². The minimum Gasteiger partial charge on any atom is -0.379 e. The van der Waals surface area contributed by atoms with Gasteiger partial charge in [0.2, 0.25) is 0 Å². The number of benzene rings is 2. The molecule has 0 fully saturated rings. The summed E-state index contributed by atoms with van der Waals surface area (Å²) in [7, 11) is 0. The highest BCUT2D eigenvalue weighted by Gasteiger charge is 2.09. The normalized spacial score (nSPS) is 10.9. The van der Waals surface area contributed by atoms with Crippen molar-refractivity contribution in [1.29, 1.82) is 0 Å². The highest BCUT2D eigenvalue weighted by Crippen LogP contribution is 2.24. The summed E-state index contributed by atoms with van der Waals surface area (Å²) < 4.78 is 52.0. The molecule has 0 aliphatic heterocycles. The van der Waals surface area contributed by atoms with E-state index < -0.39 is 18.1 Å². The first-order valence-corrected chi connectivity index (χ1v) is 6.52. The summed E-state index contributed by atoms with van der Waals surface area (Å²) in [6, 6.07) is 7.78. The van der Waals surface area contributed by atoms with E-state index in [0.717, 1.165) is 12.1 Å². The van der Waals surface area contributed by atoms with Crippen LogP contribution in [0.25, 0.3) is 0 Å². The van der Waals surface area contributed by atoms with Crippen LogP contribution in [0.5, 0.6) is 0 Å². The smallest absolute Gasteiger partial charge is 0.263 e. The number of anilines is 1. The van der Waals surface area contributed by atoms with Crippen molar-refractivity contribution < 1.29 is 17.6 Å². The van der Waals surface area contributed by atoms with E-state index in [1.807, 2.05) is 0 Å². The predicted octanol–water partition coefficient (Wildman–Crippen LogP) is 5.28. The Labute approximate surface area is 121 Å². The number of rotatable bonds is 4. The molecule has 0 aromatic heterocycles. The number of halogens is 5. The van der Waals surface area contributed by atoms with Crippen molar-refractivity contribution in [1.82, 2.24) is 0 Å². The molecule has 0 saturated carbocycles. The van der Waals surface area contributed by atoms with Crippen LogP contribution in [0.1, 0.15) is 17.6 Å². The van der Waals surface area contributed by atoms with Crippen LogP contribution in [0, 0.1) is 11.6 Å². The van der Waals surface area contributed by atoms with Crippen LogP contribution in [-0.4, -0.2) is 0 Å². The molecule has 0 unspecified atom stereocenters. The van der Waals surface area contributed by atoms with Gasteiger partial charge >= 0.3 is 0 Å². The summed E-state index contributed by atoms with van der Waals surface area (Å²) in [5.74, 6) is -1.22. The summed E-state index contributed by atoms with van der Waals surface area (Å²) in [4.78, 5) is 0. The maximum absolute atomic E-state index is 13.6. The van der Waals surface area contributed by atoms with Crippen molar-refractivity contribution in [2.24, 2.45) is 0 Å². The quantitative estimate of drug-likeness (QED) is 0.586. The van der Waals surface area contributed by atoms with Crippen LogP contribution in [-0.2, 0) is 6.54 Å². The topological polar surface area (TPSA) is 12.0 Å². The van der Waals surface area contributed by atoms with Crippen molar-refractivity contribution in [2.75, 3.05) is 5.32 Å². The number of alkyl halides is 2. The van der Waals surface area contributed by atoms with Crippen molar-refractivity contribution >= 4 is 21.6 Å². The second-order valence-corrected chi connectivity index (χ2v) is 5.00. The summed E-state index contributed by atoms with van der Waals surface area (Å²) in [5.41, 5.74) is 0.436. The third-order valence-electron chi connectivity index (χ3n) is 2.70. The molecule has 1 N–H and O–H groups in total. The second kappa shape index (κ2) is 6.26. The molecule has 2 rings (SSSR count). The maximum Gasteiger partial charge on any atom is 0.263 e. The standard InChI is InChI=1S/C14H10BrF4N/c15-10-5-12(17)13(6-11(10)16)20-7-8-2-1-3-9(4-8)14(18)19/h1-6,14,20H,7H2. The van der Waals surface area contributed by atoms with E-state index in [4.69, 9.17) is 0 Å². The summed E-state index contributed by atoms with van der Waals surface area (Å²) in [6.07, 6.45) is -2.56. The molecule has 6 heteroatoms. The molecule has 2 aromatic carbocycles. The van der Waals surface area contributed by atoms with Crippen LogP contribution in [0.15, 0.2) is 40.9 Å². The molecule has 0 atom stereocenters. The monoisotopic (exact) mass is 347 g/mol. The van der Waals surface area contributed by atoms with E-state index >= 15 is 0 Å². The molecule has 106 valence electrons. The van der Waals surface area contributed by atoms with E-state index in [-0.39, 0.29) is 22.3 Å². The molecule has 0 aliphatic carbocycles. The first-order valence-electron chi connectivity index (χ1n) is 5.73. The van der Waals surface area contributed by atoms with Gasteiger partial charge < -0.3 is 5.32 Å². The lowest BCUT2D eigenvalue weighted by molar-refractivity contribution is 0.151. The van der Waals surface area contributed by atoms with Gasteiger partial charge in [-0.2, -0.15) is 0 Å². The van der Waals surface area contributed by atoms with Gasteiger partial charge in [0.25, 0.3) is 6.43 Å². The van der Waals surface area contributed by atoms with E-state index in [1.54, 1.807) is 6.07 Å². The minimum absolute atomic E-state index is 0.0202. The molecule has 0 bridgehead atoms. The van der Waals surface area contributed by atoms with Crippen LogP contribution in [0.4, 0.5) is 23.2 Å². The Morgan fingerprint density at radius 1 is 1.05 bits per heavy atom. The number of hydrogen-bond donors (Lipinski definition) is 1. The van der Waals surface area contributed by atoms with Crippen molar-refractivity contribution in [2.45, 2.75) is 13.0 Å². The summed E-state index contributed by atoms with van der Waals surface area (Å²) in [5, 5.41) is 2.68. The summed E-state index contributed by atoms with van der Waals surface area (Å²) >= 11 is 2.88. The first kappa shape index (κ1) is 14.8. The Morgan fingerprint density at radius 3 is 2.50 bits per heavy atom. The Kier molecular flexibility index (Phi) is 4.65. The molecule has 0 radical (unpaired) electrons. The molecular weight excluding hydrogens is 338 g/mol. The number of nitrogens with one attached hydrogen (secondary N) is 1. The predicted molar refractivity (Wildman–Crippen MR) is 72.8 cm³/mol. The summed E-state index contributed by atoms with van der Waals surface area (Å²) in [6.45, 7) is 0.124.